The summed E-state index contributed by atoms with van der Waals surface area (Å²) in [5.74, 6) is 0.357. The van der Waals surface area contributed by atoms with Crippen molar-refractivity contribution in [2.45, 2.75) is 38.6 Å². The Labute approximate surface area is 102 Å². The average Bonchev–Trinajstić information content (AvgIpc) is 2.63. The molecule has 1 aromatic heterocycles. The van der Waals surface area contributed by atoms with Crippen molar-refractivity contribution < 1.29 is 8.42 Å². The van der Waals surface area contributed by atoms with Crippen molar-refractivity contribution in [1.82, 2.24) is 15.3 Å². The van der Waals surface area contributed by atoms with Gasteiger partial charge in [-0.3, -0.25) is 0 Å². The van der Waals surface area contributed by atoms with Crippen LogP contribution in [0.3, 0.4) is 0 Å². The normalized spacial score (nSPS) is 14.9. The minimum absolute atomic E-state index is 0.0724. The first-order valence-electron chi connectivity index (χ1n) is 5.75. The molecule has 0 atom stereocenters. The molecule has 2 heterocycles. The third-order valence-electron chi connectivity index (χ3n) is 2.70. The maximum absolute atomic E-state index is 11.3. The lowest BCUT2D eigenvalue weighted by Gasteiger charge is -2.08. The first kappa shape index (κ1) is 12.4. The van der Waals surface area contributed by atoms with Crippen molar-refractivity contribution in [2.75, 3.05) is 6.26 Å². The van der Waals surface area contributed by atoms with E-state index >= 15 is 0 Å². The maximum atomic E-state index is 11.3. The Morgan fingerprint density at radius 2 is 2.06 bits per heavy atom. The number of aromatic nitrogens is 2. The molecular formula is C11H17N3O2S. The summed E-state index contributed by atoms with van der Waals surface area (Å²) in [5, 5.41) is 3.22. The first-order chi connectivity index (χ1) is 7.99. The van der Waals surface area contributed by atoms with Gasteiger partial charge in [-0.1, -0.05) is 13.3 Å². The highest BCUT2D eigenvalue weighted by Gasteiger charge is 2.19. The summed E-state index contributed by atoms with van der Waals surface area (Å²) in [7, 11) is -3.07. The van der Waals surface area contributed by atoms with Gasteiger partial charge in [0.05, 0.1) is 5.69 Å². The lowest BCUT2D eigenvalue weighted by atomic mass is 10.1. The molecule has 2 rings (SSSR count). The molecule has 6 heteroatoms. The molecule has 0 bridgehead atoms. The molecule has 1 aromatic rings. The number of rotatable bonds is 4. The SMILES string of the molecule is CCCc1nc(CS(C)(=O)=O)nc2c1CNC2. The summed E-state index contributed by atoms with van der Waals surface area (Å²) >= 11 is 0. The summed E-state index contributed by atoms with van der Waals surface area (Å²) in [6.07, 6.45) is 3.09. The van der Waals surface area contributed by atoms with Crippen LogP contribution < -0.4 is 5.32 Å². The Balaban J connectivity index is 2.39. The molecule has 17 heavy (non-hydrogen) atoms. The largest absolute Gasteiger partial charge is 0.307 e. The number of aryl methyl sites for hydroxylation is 1. The van der Waals surface area contributed by atoms with Crippen LogP contribution in [0.1, 0.15) is 36.1 Å². The zero-order valence-electron chi connectivity index (χ0n) is 10.2. The monoisotopic (exact) mass is 255 g/mol. The second kappa shape index (κ2) is 4.70. The predicted molar refractivity (Wildman–Crippen MR) is 65.1 cm³/mol. The summed E-state index contributed by atoms with van der Waals surface area (Å²) in [6, 6.07) is 0. The molecule has 0 saturated carbocycles. The number of nitrogens with zero attached hydrogens (tertiary/aromatic N) is 2. The molecule has 0 spiro atoms. The lowest BCUT2D eigenvalue weighted by Crippen LogP contribution is -2.10. The van der Waals surface area contributed by atoms with Crippen LogP contribution in [-0.2, 0) is 35.1 Å². The van der Waals surface area contributed by atoms with E-state index in [0.29, 0.717) is 12.4 Å². The van der Waals surface area contributed by atoms with Crippen molar-refractivity contribution in [3.8, 4) is 0 Å². The molecule has 0 unspecified atom stereocenters. The van der Waals surface area contributed by atoms with Gasteiger partial charge >= 0.3 is 0 Å². The molecule has 0 fully saturated rings. The fourth-order valence-electron chi connectivity index (χ4n) is 2.04. The highest BCUT2D eigenvalue weighted by atomic mass is 32.2. The molecule has 94 valence electrons. The summed E-state index contributed by atoms with van der Waals surface area (Å²) < 4.78 is 22.5. The summed E-state index contributed by atoms with van der Waals surface area (Å²) in [4.78, 5) is 8.72. The van der Waals surface area contributed by atoms with Crippen molar-refractivity contribution in [3.63, 3.8) is 0 Å². The Kier molecular flexibility index (Phi) is 3.44. The van der Waals surface area contributed by atoms with Gasteiger partial charge in [-0.05, 0) is 6.42 Å². The van der Waals surface area contributed by atoms with Gasteiger partial charge < -0.3 is 5.32 Å². The van der Waals surface area contributed by atoms with Crippen molar-refractivity contribution in [3.05, 3.63) is 22.8 Å². The quantitative estimate of drug-likeness (QED) is 0.852. The minimum atomic E-state index is -3.07. The second-order valence-electron chi connectivity index (χ2n) is 4.44. The van der Waals surface area contributed by atoms with Gasteiger partial charge in [-0.25, -0.2) is 18.4 Å². The summed E-state index contributed by atoms with van der Waals surface area (Å²) in [5.41, 5.74) is 3.12. The molecule has 1 N–H and O–H groups in total. The van der Waals surface area contributed by atoms with Gasteiger partial charge in [0.2, 0.25) is 0 Å². The third-order valence-corrected chi connectivity index (χ3v) is 3.48. The van der Waals surface area contributed by atoms with Crippen LogP contribution in [-0.4, -0.2) is 24.6 Å². The average molecular weight is 255 g/mol. The lowest BCUT2D eigenvalue weighted by molar-refractivity contribution is 0.599. The van der Waals surface area contributed by atoms with Crippen LogP contribution in [0, 0.1) is 0 Å². The van der Waals surface area contributed by atoms with E-state index in [1.807, 2.05) is 0 Å². The van der Waals surface area contributed by atoms with Gasteiger partial charge in [-0.15, -0.1) is 0 Å². The molecule has 1 aliphatic rings. The van der Waals surface area contributed by atoms with Crippen molar-refractivity contribution in [1.29, 1.82) is 0 Å². The number of sulfone groups is 1. The molecule has 0 aliphatic carbocycles. The molecule has 0 saturated heterocycles. The van der Waals surface area contributed by atoms with Crippen LogP contribution in [0.4, 0.5) is 0 Å². The fourth-order valence-corrected chi connectivity index (χ4v) is 2.64. The van der Waals surface area contributed by atoms with Gasteiger partial charge in [-0.2, -0.15) is 0 Å². The third kappa shape index (κ3) is 3.01. The Morgan fingerprint density at radius 1 is 1.29 bits per heavy atom. The molecule has 5 nitrogen and oxygen atoms in total. The standard InChI is InChI=1S/C11H17N3O2S/c1-3-4-9-8-5-12-6-10(8)14-11(13-9)7-17(2,15)16/h12H,3-7H2,1-2H3. The predicted octanol–water partition coefficient (Wildman–Crippen LogP) is 0.577. The molecule has 0 amide bonds. The van der Waals surface area contributed by atoms with Crippen LogP contribution in [0.25, 0.3) is 0 Å². The minimum Gasteiger partial charge on any atom is -0.307 e. The van der Waals surface area contributed by atoms with Gasteiger partial charge in [0.15, 0.2) is 9.84 Å². The van der Waals surface area contributed by atoms with Gasteiger partial charge in [0.1, 0.15) is 11.6 Å². The van der Waals surface area contributed by atoms with E-state index in [0.717, 1.165) is 36.3 Å². The maximum Gasteiger partial charge on any atom is 0.154 e. The molecular weight excluding hydrogens is 238 g/mol. The zero-order chi connectivity index (χ0) is 12.5. The van der Waals surface area contributed by atoms with Crippen LogP contribution in [0.5, 0.6) is 0 Å². The summed E-state index contributed by atoms with van der Waals surface area (Å²) in [6.45, 7) is 3.60. The van der Waals surface area contributed by atoms with E-state index < -0.39 is 9.84 Å². The zero-order valence-corrected chi connectivity index (χ0v) is 11.0. The van der Waals surface area contributed by atoms with Crippen molar-refractivity contribution >= 4 is 9.84 Å². The second-order valence-corrected chi connectivity index (χ2v) is 6.58. The fraction of sp³-hybridized carbons (Fsp3) is 0.636. The number of hydrogen-bond donors (Lipinski definition) is 1. The van der Waals surface area contributed by atoms with Gasteiger partial charge in [0, 0.05) is 30.6 Å². The highest BCUT2D eigenvalue weighted by Crippen LogP contribution is 2.18. The molecule has 0 aromatic carbocycles. The Bertz CT molecular complexity index is 526. The van der Waals surface area contributed by atoms with Gasteiger partial charge in [0.25, 0.3) is 0 Å². The van der Waals surface area contributed by atoms with E-state index in [-0.39, 0.29) is 5.75 Å². The number of fused-ring (bicyclic) bond motifs is 1. The molecule has 0 radical (unpaired) electrons. The van der Waals surface area contributed by atoms with Crippen LogP contribution >= 0.6 is 0 Å². The van der Waals surface area contributed by atoms with E-state index in [9.17, 15) is 8.42 Å². The van der Waals surface area contributed by atoms with E-state index in [2.05, 4.69) is 22.2 Å². The molecule has 1 aliphatic heterocycles. The Morgan fingerprint density at radius 3 is 2.71 bits per heavy atom. The van der Waals surface area contributed by atoms with E-state index in [1.165, 1.54) is 6.26 Å². The van der Waals surface area contributed by atoms with Crippen LogP contribution in [0.2, 0.25) is 0 Å². The van der Waals surface area contributed by atoms with Crippen LogP contribution in [0.15, 0.2) is 0 Å². The van der Waals surface area contributed by atoms with E-state index in [4.69, 9.17) is 0 Å². The number of nitrogens with one attached hydrogen (secondary N) is 1. The highest BCUT2D eigenvalue weighted by molar-refractivity contribution is 7.89. The topological polar surface area (TPSA) is 72.0 Å². The smallest absolute Gasteiger partial charge is 0.154 e. The van der Waals surface area contributed by atoms with Crippen molar-refractivity contribution in [2.24, 2.45) is 0 Å². The van der Waals surface area contributed by atoms with E-state index in [1.54, 1.807) is 0 Å². The Hall–Kier alpha value is -1.01. The number of hydrogen-bond acceptors (Lipinski definition) is 5. The first-order valence-corrected chi connectivity index (χ1v) is 7.81.